The van der Waals surface area contributed by atoms with E-state index in [-0.39, 0.29) is 23.9 Å². The molecule has 1 N–H and O–H groups in total. The minimum absolute atomic E-state index is 0.0915. The maximum atomic E-state index is 11.8. The fourth-order valence-electron chi connectivity index (χ4n) is 2.18. The minimum atomic E-state index is -0.295. The average molecular weight is 325 g/mol. The second-order valence-corrected chi connectivity index (χ2v) is 5.92. The van der Waals surface area contributed by atoms with Gasteiger partial charge in [0, 0.05) is 23.0 Å². The Kier molecular flexibility index (Phi) is 4.24. The Balaban J connectivity index is 2.21. The molecule has 1 aromatic carbocycles. The van der Waals surface area contributed by atoms with Gasteiger partial charge >= 0.3 is 0 Å². The molecule has 5 heteroatoms. The van der Waals surface area contributed by atoms with Gasteiger partial charge in [0.25, 0.3) is 0 Å². The maximum Gasteiger partial charge on any atom is 0.231 e. The second-order valence-electron chi connectivity index (χ2n) is 5.00. The van der Waals surface area contributed by atoms with Gasteiger partial charge in [-0.2, -0.15) is 0 Å². The van der Waals surface area contributed by atoms with Gasteiger partial charge < -0.3 is 5.32 Å². The number of carbonyl (C=O) groups excluding carboxylic acids is 2. The summed E-state index contributed by atoms with van der Waals surface area (Å²) >= 11 is 3.41. The number of benzene rings is 1. The number of amides is 2. The quantitative estimate of drug-likeness (QED) is 0.866. The molecule has 0 unspecified atom stereocenters. The molecule has 0 saturated carbocycles. The first-order valence-electron chi connectivity index (χ1n) is 6.36. The first-order chi connectivity index (χ1) is 8.99. The molecule has 0 spiro atoms. The van der Waals surface area contributed by atoms with E-state index < -0.39 is 0 Å². The van der Waals surface area contributed by atoms with Crippen molar-refractivity contribution in [2.24, 2.45) is 5.92 Å². The van der Waals surface area contributed by atoms with Crippen LogP contribution in [0.25, 0.3) is 0 Å². The third-order valence-electron chi connectivity index (χ3n) is 3.14. The second kappa shape index (κ2) is 5.74. The molecule has 19 heavy (non-hydrogen) atoms. The van der Waals surface area contributed by atoms with E-state index in [2.05, 4.69) is 21.2 Å². The van der Waals surface area contributed by atoms with Crippen molar-refractivity contribution in [3.05, 3.63) is 28.7 Å². The molecule has 2 rings (SSSR count). The summed E-state index contributed by atoms with van der Waals surface area (Å²) in [7, 11) is 0. The van der Waals surface area contributed by atoms with Gasteiger partial charge in [0.15, 0.2) is 0 Å². The number of anilines is 1. The van der Waals surface area contributed by atoms with Crippen molar-refractivity contribution in [3.63, 3.8) is 0 Å². The molecular weight excluding hydrogens is 308 g/mol. The van der Waals surface area contributed by atoms with Crippen LogP contribution in [0.4, 0.5) is 5.69 Å². The molecule has 102 valence electrons. The summed E-state index contributed by atoms with van der Waals surface area (Å²) in [4.78, 5) is 25.1. The Morgan fingerprint density at radius 3 is 2.37 bits per heavy atom. The molecule has 0 radical (unpaired) electrons. The summed E-state index contributed by atoms with van der Waals surface area (Å²) in [6.45, 7) is 3.99. The summed E-state index contributed by atoms with van der Waals surface area (Å²) in [6.07, 6.45) is 0.349. The lowest BCUT2D eigenvalue weighted by Gasteiger charge is -2.31. The van der Waals surface area contributed by atoms with Gasteiger partial charge in [-0.25, -0.2) is 0 Å². The minimum Gasteiger partial charge on any atom is -0.364 e. The molecular formula is C14H17BrN2O2. The fraction of sp³-hybridized carbons (Fsp3) is 0.429. The molecule has 1 aromatic rings. The van der Waals surface area contributed by atoms with Crippen molar-refractivity contribution >= 4 is 33.4 Å². The molecule has 4 nitrogen and oxygen atoms in total. The predicted octanol–water partition coefficient (Wildman–Crippen LogP) is 2.99. The number of imide groups is 1. The Hall–Kier alpha value is -1.36. The number of rotatable bonds is 4. The number of nitrogens with zero attached hydrogens (tertiary/aromatic N) is 1. The molecule has 0 aliphatic carbocycles. The smallest absolute Gasteiger partial charge is 0.231 e. The van der Waals surface area contributed by atoms with Gasteiger partial charge in [-0.1, -0.05) is 35.8 Å². The topological polar surface area (TPSA) is 49.4 Å². The highest BCUT2D eigenvalue weighted by atomic mass is 79.9. The SMILES string of the molecule is CC(C)[C@@H](Nc1cccc(Br)c1)N1C(=O)CCC1=O. The Morgan fingerprint density at radius 1 is 1.21 bits per heavy atom. The van der Waals surface area contributed by atoms with Crippen molar-refractivity contribution in [2.75, 3.05) is 5.32 Å². The molecule has 1 aliphatic heterocycles. The monoisotopic (exact) mass is 324 g/mol. The number of nitrogens with one attached hydrogen (secondary N) is 1. The number of hydrogen-bond donors (Lipinski definition) is 1. The highest BCUT2D eigenvalue weighted by Gasteiger charge is 2.36. The Morgan fingerprint density at radius 2 is 1.84 bits per heavy atom. The van der Waals surface area contributed by atoms with Gasteiger partial charge in [-0.05, 0) is 24.1 Å². The van der Waals surface area contributed by atoms with Gasteiger partial charge in [0.1, 0.15) is 6.17 Å². The predicted molar refractivity (Wildman–Crippen MR) is 77.5 cm³/mol. The lowest BCUT2D eigenvalue weighted by atomic mass is 10.1. The molecule has 0 bridgehead atoms. The third-order valence-corrected chi connectivity index (χ3v) is 3.63. The molecule has 1 atom stereocenters. The zero-order valence-electron chi connectivity index (χ0n) is 11.0. The van der Waals surface area contributed by atoms with E-state index in [0.29, 0.717) is 12.8 Å². The largest absolute Gasteiger partial charge is 0.364 e. The van der Waals surface area contributed by atoms with Crippen LogP contribution in [-0.4, -0.2) is 22.9 Å². The third kappa shape index (κ3) is 3.15. The zero-order chi connectivity index (χ0) is 14.0. The lowest BCUT2D eigenvalue weighted by molar-refractivity contribution is -0.141. The van der Waals surface area contributed by atoms with Crippen LogP contribution in [0.2, 0.25) is 0 Å². The summed E-state index contributed by atoms with van der Waals surface area (Å²) in [5.41, 5.74) is 0.889. The highest BCUT2D eigenvalue weighted by molar-refractivity contribution is 9.10. The van der Waals surface area contributed by atoms with Gasteiger partial charge in [0.2, 0.25) is 11.8 Å². The Labute approximate surface area is 121 Å². The number of halogens is 1. The summed E-state index contributed by atoms with van der Waals surface area (Å²) < 4.78 is 0.957. The van der Waals surface area contributed by atoms with Crippen LogP contribution in [0.15, 0.2) is 28.7 Å². The van der Waals surface area contributed by atoms with E-state index in [4.69, 9.17) is 0 Å². The van der Waals surface area contributed by atoms with E-state index in [1.54, 1.807) is 0 Å². The van der Waals surface area contributed by atoms with Crippen molar-refractivity contribution in [3.8, 4) is 0 Å². The molecule has 1 fully saturated rings. The van der Waals surface area contributed by atoms with E-state index >= 15 is 0 Å². The van der Waals surface area contributed by atoms with Crippen LogP contribution in [0.5, 0.6) is 0 Å². The van der Waals surface area contributed by atoms with Crippen LogP contribution in [-0.2, 0) is 9.59 Å². The number of likely N-dealkylation sites (tertiary alicyclic amines) is 1. The fourth-order valence-corrected chi connectivity index (χ4v) is 2.58. The molecule has 1 aliphatic rings. The summed E-state index contributed by atoms with van der Waals surface area (Å²) in [5.74, 6) is -0.0395. The average Bonchev–Trinajstić information content (AvgIpc) is 2.66. The van der Waals surface area contributed by atoms with Crippen LogP contribution in [0.1, 0.15) is 26.7 Å². The molecule has 1 heterocycles. The van der Waals surface area contributed by atoms with Crippen LogP contribution < -0.4 is 5.32 Å². The normalized spacial score (nSPS) is 17.2. The number of hydrogen-bond acceptors (Lipinski definition) is 3. The van der Waals surface area contributed by atoms with E-state index in [1.165, 1.54) is 4.90 Å². The van der Waals surface area contributed by atoms with Gasteiger partial charge in [-0.3, -0.25) is 14.5 Å². The first-order valence-corrected chi connectivity index (χ1v) is 7.15. The van der Waals surface area contributed by atoms with Crippen molar-refractivity contribution in [1.29, 1.82) is 0 Å². The standard InChI is InChI=1S/C14H17BrN2O2/c1-9(2)14(17-12(18)6-7-13(17)19)16-11-5-3-4-10(15)8-11/h3-5,8-9,14,16H,6-7H2,1-2H3/t14-/m0/s1. The first kappa shape index (κ1) is 14.1. The van der Waals surface area contributed by atoms with Gasteiger partial charge in [0.05, 0.1) is 0 Å². The van der Waals surface area contributed by atoms with Gasteiger partial charge in [-0.15, -0.1) is 0 Å². The summed E-state index contributed by atoms with van der Waals surface area (Å²) in [5, 5.41) is 3.28. The van der Waals surface area contributed by atoms with Crippen LogP contribution >= 0.6 is 15.9 Å². The highest BCUT2D eigenvalue weighted by Crippen LogP contribution is 2.23. The van der Waals surface area contributed by atoms with Crippen molar-refractivity contribution in [2.45, 2.75) is 32.9 Å². The zero-order valence-corrected chi connectivity index (χ0v) is 12.6. The van der Waals surface area contributed by atoms with E-state index in [0.717, 1.165) is 10.2 Å². The molecule has 2 amide bonds. The Bertz CT molecular complexity index is 486. The van der Waals surface area contributed by atoms with E-state index in [9.17, 15) is 9.59 Å². The van der Waals surface area contributed by atoms with Crippen LogP contribution in [0.3, 0.4) is 0 Å². The van der Waals surface area contributed by atoms with Crippen LogP contribution in [0, 0.1) is 5.92 Å². The summed E-state index contributed by atoms with van der Waals surface area (Å²) in [6, 6.07) is 7.70. The maximum absolute atomic E-state index is 11.8. The number of carbonyl (C=O) groups is 2. The van der Waals surface area contributed by atoms with Crippen molar-refractivity contribution < 1.29 is 9.59 Å². The molecule has 0 aromatic heterocycles. The van der Waals surface area contributed by atoms with Crippen molar-refractivity contribution in [1.82, 2.24) is 4.90 Å². The van der Waals surface area contributed by atoms with E-state index in [1.807, 2.05) is 38.1 Å². The lowest BCUT2D eigenvalue weighted by Crippen LogP contribution is -2.47. The molecule has 1 saturated heterocycles.